The summed E-state index contributed by atoms with van der Waals surface area (Å²) in [6.45, 7) is 0.920. The van der Waals surface area contributed by atoms with Gasteiger partial charge in [-0.15, -0.1) is 0 Å². The summed E-state index contributed by atoms with van der Waals surface area (Å²) < 4.78 is 12.1. The van der Waals surface area contributed by atoms with Crippen molar-refractivity contribution in [1.29, 1.82) is 0 Å². The molecule has 2 aromatic carbocycles. The molecule has 1 aromatic heterocycles. The fourth-order valence-corrected chi connectivity index (χ4v) is 3.20. The van der Waals surface area contributed by atoms with E-state index in [4.69, 9.17) is 9.47 Å². The summed E-state index contributed by atoms with van der Waals surface area (Å²) in [7, 11) is 4.94. The van der Waals surface area contributed by atoms with Crippen molar-refractivity contribution in [3.63, 3.8) is 0 Å². The first-order valence-electron chi connectivity index (χ1n) is 9.42. The van der Waals surface area contributed by atoms with Gasteiger partial charge in [-0.25, -0.2) is 4.98 Å². The number of amides is 1. The maximum Gasteiger partial charge on any atom is 0.261 e. The van der Waals surface area contributed by atoms with E-state index in [0.717, 1.165) is 5.56 Å². The first-order chi connectivity index (χ1) is 14.0. The molecule has 0 spiro atoms. The van der Waals surface area contributed by atoms with E-state index in [1.54, 1.807) is 43.1 Å². The van der Waals surface area contributed by atoms with Gasteiger partial charge in [-0.1, -0.05) is 18.2 Å². The number of methoxy groups -OCH3 is 2. The first kappa shape index (κ1) is 20.4. The molecule has 1 amide bonds. The van der Waals surface area contributed by atoms with Gasteiger partial charge < -0.3 is 14.4 Å². The van der Waals surface area contributed by atoms with E-state index in [1.165, 1.54) is 0 Å². The van der Waals surface area contributed by atoms with Gasteiger partial charge in [0.05, 0.1) is 31.4 Å². The highest BCUT2D eigenvalue weighted by Crippen LogP contribution is 2.28. The van der Waals surface area contributed by atoms with E-state index in [2.05, 4.69) is 4.98 Å². The number of fused-ring (bicyclic) bond motifs is 1. The molecule has 7 nitrogen and oxygen atoms in total. The van der Waals surface area contributed by atoms with Gasteiger partial charge in [0.1, 0.15) is 0 Å². The van der Waals surface area contributed by atoms with E-state index in [0.29, 0.717) is 48.3 Å². The Hall–Kier alpha value is -3.35. The molecule has 0 aliphatic rings. The topological polar surface area (TPSA) is 73.7 Å². The summed E-state index contributed by atoms with van der Waals surface area (Å²) in [5, 5.41) is 0.590. The molecule has 0 radical (unpaired) electrons. The number of rotatable bonds is 8. The minimum Gasteiger partial charge on any atom is -0.493 e. The zero-order valence-electron chi connectivity index (χ0n) is 16.9. The quantitative estimate of drug-likeness (QED) is 0.586. The average Bonchev–Trinajstić information content (AvgIpc) is 2.75. The Morgan fingerprint density at radius 2 is 1.86 bits per heavy atom. The highest BCUT2D eigenvalue weighted by molar-refractivity contribution is 5.77. The Labute approximate surface area is 169 Å². The van der Waals surface area contributed by atoms with Crippen molar-refractivity contribution in [3.8, 4) is 11.5 Å². The lowest BCUT2D eigenvalue weighted by Crippen LogP contribution is -2.27. The molecule has 0 aliphatic carbocycles. The van der Waals surface area contributed by atoms with Crippen LogP contribution < -0.4 is 15.0 Å². The minimum atomic E-state index is -0.0817. The van der Waals surface area contributed by atoms with Crippen LogP contribution in [0.15, 0.2) is 53.6 Å². The Morgan fingerprint density at radius 1 is 1.10 bits per heavy atom. The summed E-state index contributed by atoms with van der Waals surface area (Å²) in [5.74, 6) is 1.30. The van der Waals surface area contributed by atoms with Crippen LogP contribution in [0.3, 0.4) is 0 Å². The number of carbonyl (C=O) groups excluding carboxylic acids is 1. The van der Waals surface area contributed by atoms with Gasteiger partial charge >= 0.3 is 0 Å². The summed E-state index contributed by atoms with van der Waals surface area (Å²) >= 11 is 0. The summed E-state index contributed by atoms with van der Waals surface area (Å²) in [5.41, 5.74) is 1.55. The molecule has 29 heavy (non-hydrogen) atoms. The van der Waals surface area contributed by atoms with Gasteiger partial charge in [0.25, 0.3) is 5.56 Å². The SMILES string of the molecule is COc1ccc(CN(C)C(=O)CCCn2cnc3ccccc3c2=O)cc1OC. The van der Waals surface area contributed by atoms with Crippen molar-refractivity contribution >= 4 is 16.8 Å². The summed E-state index contributed by atoms with van der Waals surface area (Å²) in [6.07, 6.45) is 2.46. The van der Waals surface area contributed by atoms with Gasteiger partial charge in [0.2, 0.25) is 5.91 Å². The number of aryl methyl sites for hydroxylation is 1. The van der Waals surface area contributed by atoms with Gasteiger partial charge in [0.15, 0.2) is 11.5 Å². The van der Waals surface area contributed by atoms with Gasteiger partial charge in [-0.05, 0) is 36.2 Å². The molecular weight excluding hydrogens is 370 g/mol. The third kappa shape index (κ3) is 4.74. The largest absolute Gasteiger partial charge is 0.493 e. The van der Waals surface area contributed by atoms with E-state index < -0.39 is 0 Å². The van der Waals surface area contributed by atoms with Crippen molar-refractivity contribution < 1.29 is 14.3 Å². The third-order valence-electron chi connectivity index (χ3n) is 4.81. The second kappa shape index (κ2) is 9.23. The lowest BCUT2D eigenvalue weighted by molar-refractivity contribution is -0.130. The number of nitrogens with zero attached hydrogens (tertiary/aromatic N) is 3. The Kier molecular flexibility index (Phi) is 6.49. The summed E-state index contributed by atoms with van der Waals surface area (Å²) in [6, 6.07) is 12.9. The number of hydrogen-bond acceptors (Lipinski definition) is 5. The van der Waals surface area contributed by atoms with Crippen molar-refractivity contribution in [3.05, 3.63) is 64.7 Å². The van der Waals surface area contributed by atoms with Crippen molar-refractivity contribution in [2.24, 2.45) is 0 Å². The monoisotopic (exact) mass is 395 g/mol. The van der Waals surface area contributed by atoms with Gasteiger partial charge in [0, 0.05) is 26.6 Å². The predicted octanol–water partition coefficient (Wildman–Crippen LogP) is 2.85. The number of aromatic nitrogens is 2. The van der Waals surface area contributed by atoms with Crippen LogP contribution in [0.2, 0.25) is 0 Å². The number of ether oxygens (including phenoxy) is 2. The molecular formula is C22H25N3O4. The van der Waals surface area contributed by atoms with Crippen LogP contribution in [0.25, 0.3) is 10.9 Å². The minimum absolute atomic E-state index is 0.0154. The van der Waals surface area contributed by atoms with Gasteiger partial charge in [-0.2, -0.15) is 0 Å². The zero-order valence-corrected chi connectivity index (χ0v) is 16.9. The van der Waals surface area contributed by atoms with Crippen LogP contribution >= 0.6 is 0 Å². The molecule has 0 N–H and O–H groups in total. The third-order valence-corrected chi connectivity index (χ3v) is 4.81. The van der Waals surface area contributed by atoms with Crippen molar-refractivity contribution in [2.75, 3.05) is 21.3 Å². The van der Waals surface area contributed by atoms with Crippen molar-refractivity contribution in [1.82, 2.24) is 14.5 Å². The fourth-order valence-electron chi connectivity index (χ4n) is 3.20. The average molecular weight is 395 g/mol. The molecule has 0 saturated carbocycles. The molecule has 0 bridgehead atoms. The highest BCUT2D eigenvalue weighted by atomic mass is 16.5. The molecule has 0 saturated heterocycles. The Balaban J connectivity index is 1.57. The van der Waals surface area contributed by atoms with Crippen LogP contribution in [-0.4, -0.2) is 41.6 Å². The molecule has 0 aliphatic heterocycles. The standard InChI is InChI=1S/C22H25N3O4/c1-24(14-16-10-11-19(28-2)20(13-16)29-3)21(26)9-6-12-25-15-23-18-8-5-4-7-17(18)22(25)27/h4-5,7-8,10-11,13,15H,6,9,12,14H2,1-3H3. The predicted molar refractivity (Wildman–Crippen MR) is 111 cm³/mol. The van der Waals surface area contributed by atoms with E-state index >= 15 is 0 Å². The number of hydrogen-bond donors (Lipinski definition) is 0. The smallest absolute Gasteiger partial charge is 0.261 e. The first-order valence-corrected chi connectivity index (χ1v) is 9.42. The maximum atomic E-state index is 12.5. The van der Waals surface area contributed by atoms with Crippen LogP contribution in [0.5, 0.6) is 11.5 Å². The zero-order chi connectivity index (χ0) is 20.8. The van der Waals surface area contributed by atoms with Crippen molar-refractivity contribution in [2.45, 2.75) is 25.9 Å². The highest BCUT2D eigenvalue weighted by Gasteiger charge is 2.12. The van der Waals surface area contributed by atoms with E-state index in [1.807, 2.05) is 36.4 Å². The van der Waals surface area contributed by atoms with Crippen LogP contribution in [0, 0.1) is 0 Å². The molecule has 0 atom stereocenters. The number of carbonyl (C=O) groups is 1. The van der Waals surface area contributed by atoms with E-state index in [9.17, 15) is 9.59 Å². The Morgan fingerprint density at radius 3 is 2.62 bits per heavy atom. The van der Waals surface area contributed by atoms with Crippen LogP contribution in [0.1, 0.15) is 18.4 Å². The number of benzene rings is 2. The molecule has 0 unspecified atom stereocenters. The van der Waals surface area contributed by atoms with Gasteiger partial charge in [-0.3, -0.25) is 14.2 Å². The molecule has 1 heterocycles. The Bertz CT molecular complexity index is 1060. The molecule has 152 valence electrons. The second-order valence-electron chi connectivity index (χ2n) is 6.80. The molecule has 7 heteroatoms. The lowest BCUT2D eigenvalue weighted by Gasteiger charge is -2.18. The molecule has 3 rings (SSSR count). The maximum absolute atomic E-state index is 12.5. The van der Waals surface area contributed by atoms with E-state index in [-0.39, 0.29) is 11.5 Å². The summed E-state index contributed by atoms with van der Waals surface area (Å²) in [4.78, 5) is 31.0. The fraction of sp³-hybridized carbons (Fsp3) is 0.318. The lowest BCUT2D eigenvalue weighted by atomic mass is 10.1. The van der Waals surface area contributed by atoms with Crippen LogP contribution in [-0.2, 0) is 17.9 Å². The molecule has 0 fully saturated rings. The molecule has 3 aromatic rings. The second-order valence-corrected chi connectivity index (χ2v) is 6.80. The normalized spacial score (nSPS) is 10.7. The van der Waals surface area contributed by atoms with Crippen LogP contribution in [0.4, 0.5) is 0 Å². The number of para-hydroxylation sites is 1.